The molecule has 0 saturated heterocycles. The SMILES string of the molecule is CC(C)NC(=O)c1ccnc(NC2CC2)n1. The van der Waals surface area contributed by atoms with E-state index in [4.69, 9.17) is 0 Å². The predicted molar refractivity (Wildman–Crippen MR) is 61.3 cm³/mol. The smallest absolute Gasteiger partial charge is 0.270 e. The lowest BCUT2D eigenvalue weighted by Crippen LogP contribution is -2.31. The zero-order chi connectivity index (χ0) is 11.5. The van der Waals surface area contributed by atoms with Crippen molar-refractivity contribution in [2.75, 3.05) is 5.32 Å². The molecule has 16 heavy (non-hydrogen) atoms. The van der Waals surface area contributed by atoms with Gasteiger partial charge in [0, 0.05) is 18.3 Å². The number of nitrogens with zero attached hydrogens (tertiary/aromatic N) is 2. The summed E-state index contributed by atoms with van der Waals surface area (Å²) in [5.41, 5.74) is 0.409. The maximum atomic E-state index is 11.7. The van der Waals surface area contributed by atoms with Gasteiger partial charge in [-0.15, -0.1) is 0 Å². The highest BCUT2D eigenvalue weighted by Gasteiger charge is 2.22. The lowest BCUT2D eigenvalue weighted by molar-refractivity contribution is 0.0938. The van der Waals surface area contributed by atoms with Crippen LogP contribution in [0, 0.1) is 0 Å². The average Bonchev–Trinajstić information content (AvgIpc) is 3.01. The Morgan fingerprint density at radius 1 is 1.50 bits per heavy atom. The van der Waals surface area contributed by atoms with E-state index in [1.54, 1.807) is 12.3 Å². The van der Waals surface area contributed by atoms with Crippen LogP contribution in [-0.2, 0) is 0 Å². The minimum absolute atomic E-state index is 0.113. The first kappa shape index (κ1) is 10.9. The molecule has 0 unspecified atom stereocenters. The molecule has 0 aliphatic heterocycles. The number of hydrogen-bond donors (Lipinski definition) is 2. The quantitative estimate of drug-likeness (QED) is 0.799. The zero-order valence-corrected chi connectivity index (χ0v) is 9.53. The van der Waals surface area contributed by atoms with Crippen LogP contribution in [0.5, 0.6) is 0 Å². The highest BCUT2D eigenvalue weighted by atomic mass is 16.1. The summed E-state index contributed by atoms with van der Waals surface area (Å²) in [5.74, 6) is 0.384. The Balaban J connectivity index is 2.05. The fourth-order valence-corrected chi connectivity index (χ4v) is 1.30. The molecule has 0 radical (unpaired) electrons. The van der Waals surface area contributed by atoms with Crippen molar-refractivity contribution in [3.63, 3.8) is 0 Å². The Hall–Kier alpha value is -1.65. The third-order valence-corrected chi connectivity index (χ3v) is 2.22. The summed E-state index contributed by atoms with van der Waals surface area (Å²) in [6.07, 6.45) is 3.92. The van der Waals surface area contributed by atoms with E-state index in [-0.39, 0.29) is 11.9 Å². The molecule has 0 atom stereocenters. The molecule has 5 heteroatoms. The van der Waals surface area contributed by atoms with E-state index in [1.165, 1.54) is 0 Å². The Kier molecular flexibility index (Phi) is 3.03. The van der Waals surface area contributed by atoms with Crippen molar-refractivity contribution in [1.29, 1.82) is 0 Å². The van der Waals surface area contributed by atoms with Crippen molar-refractivity contribution < 1.29 is 4.79 Å². The lowest BCUT2D eigenvalue weighted by atomic mass is 10.3. The summed E-state index contributed by atoms with van der Waals surface area (Å²) in [4.78, 5) is 19.9. The monoisotopic (exact) mass is 220 g/mol. The first-order valence-corrected chi connectivity index (χ1v) is 5.55. The first-order chi connectivity index (χ1) is 7.65. The fourth-order valence-electron chi connectivity index (χ4n) is 1.30. The summed E-state index contributed by atoms with van der Waals surface area (Å²) < 4.78 is 0. The maximum Gasteiger partial charge on any atom is 0.270 e. The number of carbonyl (C=O) groups excluding carboxylic acids is 1. The number of rotatable bonds is 4. The molecule has 0 spiro atoms. The van der Waals surface area contributed by atoms with Crippen molar-refractivity contribution in [2.24, 2.45) is 0 Å². The number of aromatic nitrogens is 2. The average molecular weight is 220 g/mol. The second-order valence-electron chi connectivity index (χ2n) is 4.31. The molecule has 1 heterocycles. The molecule has 0 bridgehead atoms. The van der Waals surface area contributed by atoms with Crippen molar-refractivity contribution in [2.45, 2.75) is 38.8 Å². The molecule has 1 fully saturated rings. The van der Waals surface area contributed by atoms with Crippen LogP contribution in [0.25, 0.3) is 0 Å². The highest BCUT2D eigenvalue weighted by molar-refractivity contribution is 5.92. The van der Waals surface area contributed by atoms with E-state index in [1.807, 2.05) is 13.8 Å². The van der Waals surface area contributed by atoms with Crippen LogP contribution in [0.15, 0.2) is 12.3 Å². The minimum atomic E-state index is -0.156. The molecule has 1 amide bonds. The molecule has 1 aromatic heterocycles. The number of anilines is 1. The van der Waals surface area contributed by atoms with Gasteiger partial charge in [-0.3, -0.25) is 4.79 Å². The Morgan fingerprint density at radius 3 is 2.88 bits per heavy atom. The molecular formula is C11H16N4O. The summed E-state index contributed by atoms with van der Waals surface area (Å²) in [7, 11) is 0. The third-order valence-electron chi connectivity index (χ3n) is 2.22. The van der Waals surface area contributed by atoms with E-state index in [0.717, 1.165) is 12.8 Å². The number of carbonyl (C=O) groups is 1. The van der Waals surface area contributed by atoms with E-state index < -0.39 is 0 Å². The molecule has 1 aromatic rings. The van der Waals surface area contributed by atoms with Crippen LogP contribution in [0.3, 0.4) is 0 Å². The summed E-state index contributed by atoms with van der Waals surface area (Å²) in [5, 5.41) is 5.96. The van der Waals surface area contributed by atoms with Crippen molar-refractivity contribution in [3.8, 4) is 0 Å². The van der Waals surface area contributed by atoms with Gasteiger partial charge in [-0.1, -0.05) is 0 Å². The molecule has 2 rings (SSSR count). The molecule has 0 aromatic carbocycles. The molecule has 86 valence electrons. The number of amides is 1. The van der Waals surface area contributed by atoms with E-state index >= 15 is 0 Å². The Labute approximate surface area is 94.7 Å². The zero-order valence-electron chi connectivity index (χ0n) is 9.53. The van der Waals surface area contributed by atoms with Crippen LogP contribution >= 0.6 is 0 Å². The molecule has 2 N–H and O–H groups in total. The van der Waals surface area contributed by atoms with Crippen molar-refractivity contribution in [1.82, 2.24) is 15.3 Å². The molecule has 1 saturated carbocycles. The summed E-state index contributed by atoms with van der Waals surface area (Å²) in [6.45, 7) is 3.84. The van der Waals surface area contributed by atoms with Gasteiger partial charge in [-0.05, 0) is 32.8 Å². The van der Waals surface area contributed by atoms with Crippen LogP contribution < -0.4 is 10.6 Å². The topological polar surface area (TPSA) is 66.9 Å². The van der Waals surface area contributed by atoms with Gasteiger partial charge in [0.25, 0.3) is 5.91 Å². The van der Waals surface area contributed by atoms with Crippen LogP contribution in [0.2, 0.25) is 0 Å². The van der Waals surface area contributed by atoms with Gasteiger partial charge in [0.1, 0.15) is 5.69 Å². The summed E-state index contributed by atoms with van der Waals surface area (Å²) in [6, 6.07) is 2.22. The molecule has 1 aliphatic carbocycles. The molecule has 1 aliphatic rings. The Bertz CT molecular complexity index is 387. The van der Waals surface area contributed by atoms with Gasteiger partial charge in [-0.25, -0.2) is 9.97 Å². The third kappa shape index (κ3) is 2.92. The van der Waals surface area contributed by atoms with E-state index in [2.05, 4.69) is 20.6 Å². The highest BCUT2D eigenvalue weighted by Crippen LogP contribution is 2.22. The first-order valence-electron chi connectivity index (χ1n) is 5.55. The predicted octanol–water partition coefficient (Wildman–Crippen LogP) is 1.19. The van der Waals surface area contributed by atoms with Crippen LogP contribution in [0.4, 0.5) is 5.95 Å². The molecular weight excluding hydrogens is 204 g/mol. The van der Waals surface area contributed by atoms with Crippen LogP contribution in [0.1, 0.15) is 37.2 Å². The lowest BCUT2D eigenvalue weighted by Gasteiger charge is -2.08. The van der Waals surface area contributed by atoms with Gasteiger partial charge >= 0.3 is 0 Å². The van der Waals surface area contributed by atoms with Crippen molar-refractivity contribution >= 4 is 11.9 Å². The standard InChI is InChI=1S/C11H16N4O/c1-7(2)13-10(16)9-5-6-12-11(15-9)14-8-3-4-8/h5-8H,3-4H2,1-2H3,(H,13,16)(H,12,14,15). The fraction of sp³-hybridized carbons (Fsp3) is 0.545. The van der Waals surface area contributed by atoms with Gasteiger partial charge in [-0.2, -0.15) is 0 Å². The van der Waals surface area contributed by atoms with Crippen molar-refractivity contribution in [3.05, 3.63) is 18.0 Å². The maximum absolute atomic E-state index is 11.7. The molecule has 5 nitrogen and oxygen atoms in total. The number of hydrogen-bond acceptors (Lipinski definition) is 4. The summed E-state index contributed by atoms with van der Waals surface area (Å²) >= 11 is 0. The van der Waals surface area contributed by atoms with Gasteiger partial charge in [0.2, 0.25) is 5.95 Å². The van der Waals surface area contributed by atoms with Gasteiger partial charge < -0.3 is 10.6 Å². The van der Waals surface area contributed by atoms with Gasteiger partial charge in [0.15, 0.2) is 0 Å². The number of nitrogens with one attached hydrogen (secondary N) is 2. The second-order valence-corrected chi connectivity index (χ2v) is 4.31. The van der Waals surface area contributed by atoms with E-state index in [9.17, 15) is 4.79 Å². The van der Waals surface area contributed by atoms with Gasteiger partial charge in [0.05, 0.1) is 0 Å². The normalized spacial score (nSPS) is 14.9. The van der Waals surface area contributed by atoms with Crippen LogP contribution in [-0.4, -0.2) is 28.0 Å². The largest absolute Gasteiger partial charge is 0.351 e. The second kappa shape index (κ2) is 4.47. The minimum Gasteiger partial charge on any atom is -0.351 e. The van der Waals surface area contributed by atoms with E-state index in [0.29, 0.717) is 17.7 Å². The Morgan fingerprint density at radius 2 is 2.25 bits per heavy atom.